The molecule has 1 aromatic rings. The highest BCUT2D eigenvalue weighted by atomic mass is 32.2. The van der Waals surface area contributed by atoms with E-state index >= 15 is 0 Å². The van der Waals surface area contributed by atoms with Crippen molar-refractivity contribution in [3.63, 3.8) is 0 Å². The summed E-state index contributed by atoms with van der Waals surface area (Å²) in [6.45, 7) is 0. The van der Waals surface area contributed by atoms with E-state index < -0.39 is 17.9 Å². The van der Waals surface area contributed by atoms with Crippen molar-refractivity contribution >= 4 is 40.9 Å². The molecule has 1 rings (SSSR count). The van der Waals surface area contributed by atoms with Gasteiger partial charge >= 0.3 is 5.97 Å². The van der Waals surface area contributed by atoms with Crippen LogP contribution in [0.25, 0.3) is 0 Å². The highest BCUT2D eigenvalue weighted by Gasteiger charge is 2.20. The van der Waals surface area contributed by atoms with Gasteiger partial charge < -0.3 is 16.2 Å². The molecule has 4 N–H and O–H groups in total. The number of carboxylic acids is 1. The topological polar surface area (TPSA) is 109 Å². The van der Waals surface area contributed by atoms with Gasteiger partial charge in [-0.15, -0.1) is 23.1 Å². The van der Waals surface area contributed by atoms with Crippen LogP contribution in [-0.2, 0) is 20.1 Å². The third-order valence-corrected chi connectivity index (χ3v) is 4.41. The molecular formula is C12H16N2O4S2. The Morgan fingerprint density at radius 1 is 1.45 bits per heavy atom. The van der Waals surface area contributed by atoms with Crippen LogP contribution in [0, 0.1) is 0 Å². The maximum Gasteiger partial charge on any atom is 0.326 e. The van der Waals surface area contributed by atoms with Crippen molar-refractivity contribution in [2.75, 3.05) is 5.75 Å². The fourth-order valence-electron chi connectivity index (χ4n) is 1.42. The van der Waals surface area contributed by atoms with Crippen molar-refractivity contribution in [3.8, 4) is 0 Å². The van der Waals surface area contributed by atoms with Crippen LogP contribution in [0.15, 0.2) is 17.5 Å². The number of amides is 2. The minimum absolute atomic E-state index is 0.00595. The lowest BCUT2D eigenvalue weighted by atomic mass is 10.1. The number of thioether (sulfide) groups is 1. The number of rotatable bonds is 9. The van der Waals surface area contributed by atoms with E-state index in [-0.39, 0.29) is 24.5 Å². The van der Waals surface area contributed by atoms with Crippen LogP contribution >= 0.6 is 23.1 Å². The predicted molar refractivity (Wildman–Crippen MR) is 78.5 cm³/mol. The monoisotopic (exact) mass is 316 g/mol. The highest BCUT2D eigenvalue weighted by Crippen LogP contribution is 2.16. The molecule has 1 atom stereocenters. The average Bonchev–Trinajstić information content (AvgIpc) is 2.87. The second-order valence-corrected chi connectivity index (χ2v) is 6.05. The van der Waals surface area contributed by atoms with Crippen LogP contribution in [0.1, 0.15) is 17.7 Å². The fourth-order valence-corrected chi connectivity index (χ4v) is 3.10. The van der Waals surface area contributed by atoms with E-state index in [0.29, 0.717) is 5.75 Å². The lowest BCUT2D eigenvalue weighted by Gasteiger charge is -2.13. The Morgan fingerprint density at radius 3 is 2.75 bits per heavy atom. The molecule has 8 heteroatoms. The number of hydrogen-bond donors (Lipinski definition) is 3. The van der Waals surface area contributed by atoms with E-state index in [1.807, 2.05) is 17.5 Å². The second-order valence-electron chi connectivity index (χ2n) is 4.04. The molecule has 2 amide bonds. The van der Waals surface area contributed by atoms with Gasteiger partial charge in [0.15, 0.2) is 0 Å². The van der Waals surface area contributed by atoms with Gasteiger partial charge in [0.1, 0.15) is 6.04 Å². The highest BCUT2D eigenvalue weighted by molar-refractivity contribution is 7.99. The van der Waals surface area contributed by atoms with E-state index in [9.17, 15) is 14.4 Å². The number of hydrogen-bond acceptors (Lipinski definition) is 5. The summed E-state index contributed by atoms with van der Waals surface area (Å²) in [5, 5.41) is 13.3. The fraction of sp³-hybridized carbons (Fsp3) is 0.417. The van der Waals surface area contributed by atoms with Crippen molar-refractivity contribution in [1.29, 1.82) is 0 Å². The standard InChI is InChI=1S/C12H16N2O4S2/c13-10(15)4-3-9(12(17)18)14-11(16)7-19-6-8-2-1-5-20-8/h1-2,5,9H,3-4,6-7H2,(H2,13,15)(H,14,16)(H,17,18). The number of carbonyl (C=O) groups excluding carboxylic acids is 2. The summed E-state index contributed by atoms with van der Waals surface area (Å²) in [6.07, 6.45) is -0.0639. The van der Waals surface area contributed by atoms with Crippen molar-refractivity contribution in [1.82, 2.24) is 5.32 Å². The molecule has 20 heavy (non-hydrogen) atoms. The molecule has 0 bridgehead atoms. The Hall–Kier alpha value is -1.54. The lowest BCUT2D eigenvalue weighted by Crippen LogP contribution is -2.42. The van der Waals surface area contributed by atoms with Crippen molar-refractivity contribution < 1.29 is 19.5 Å². The maximum absolute atomic E-state index is 11.6. The minimum Gasteiger partial charge on any atom is -0.480 e. The van der Waals surface area contributed by atoms with Crippen LogP contribution in [0.2, 0.25) is 0 Å². The summed E-state index contributed by atoms with van der Waals surface area (Å²) in [6, 6.07) is 2.84. The van der Waals surface area contributed by atoms with Crippen LogP contribution in [0.5, 0.6) is 0 Å². The van der Waals surface area contributed by atoms with Gasteiger partial charge in [0.05, 0.1) is 5.75 Å². The summed E-state index contributed by atoms with van der Waals surface area (Å²) in [5.74, 6) is -1.22. The first-order valence-corrected chi connectivity index (χ1v) is 7.93. The second kappa shape index (κ2) is 8.60. The number of carboxylic acid groups (broad SMARTS) is 1. The molecule has 1 aromatic heterocycles. The average molecular weight is 316 g/mol. The number of carbonyl (C=O) groups is 3. The molecule has 1 heterocycles. The third kappa shape index (κ3) is 6.58. The summed E-state index contributed by atoms with van der Waals surface area (Å²) in [7, 11) is 0. The SMILES string of the molecule is NC(=O)CCC(NC(=O)CSCc1cccs1)C(=O)O. The largest absolute Gasteiger partial charge is 0.480 e. The first-order valence-electron chi connectivity index (χ1n) is 5.89. The maximum atomic E-state index is 11.6. The van der Waals surface area contributed by atoms with Gasteiger partial charge in [-0.05, 0) is 17.9 Å². The van der Waals surface area contributed by atoms with Gasteiger partial charge in [0.25, 0.3) is 0 Å². The van der Waals surface area contributed by atoms with E-state index in [0.717, 1.165) is 4.88 Å². The third-order valence-electron chi connectivity index (χ3n) is 2.37. The van der Waals surface area contributed by atoms with Crippen LogP contribution in [0.4, 0.5) is 0 Å². The van der Waals surface area contributed by atoms with E-state index in [1.165, 1.54) is 11.8 Å². The summed E-state index contributed by atoms with van der Waals surface area (Å²) >= 11 is 3.02. The Kier molecular flexibility index (Phi) is 7.10. The van der Waals surface area contributed by atoms with Crippen LogP contribution in [0.3, 0.4) is 0 Å². The molecule has 110 valence electrons. The Bertz CT molecular complexity index is 462. The van der Waals surface area contributed by atoms with Gasteiger partial charge in [-0.25, -0.2) is 4.79 Å². The zero-order chi connectivity index (χ0) is 15.0. The predicted octanol–water partition coefficient (Wildman–Crippen LogP) is 0.816. The number of primary amides is 1. The number of aliphatic carboxylic acids is 1. The van der Waals surface area contributed by atoms with Crippen LogP contribution in [-0.4, -0.2) is 34.7 Å². The molecule has 0 aliphatic carbocycles. The smallest absolute Gasteiger partial charge is 0.326 e. The zero-order valence-electron chi connectivity index (χ0n) is 10.7. The normalized spacial score (nSPS) is 11.8. The molecule has 6 nitrogen and oxygen atoms in total. The molecule has 0 aliphatic heterocycles. The van der Waals surface area contributed by atoms with Crippen LogP contribution < -0.4 is 11.1 Å². The Morgan fingerprint density at radius 2 is 2.20 bits per heavy atom. The quantitative estimate of drug-likeness (QED) is 0.625. The molecule has 0 saturated heterocycles. The Balaban J connectivity index is 2.30. The molecule has 0 saturated carbocycles. The molecule has 1 unspecified atom stereocenters. The van der Waals surface area contributed by atoms with Crippen molar-refractivity contribution in [3.05, 3.63) is 22.4 Å². The van der Waals surface area contributed by atoms with Crippen molar-refractivity contribution in [2.24, 2.45) is 5.73 Å². The molecule has 0 spiro atoms. The first-order chi connectivity index (χ1) is 9.49. The Labute approximate surface area is 124 Å². The number of nitrogens with one attached hydrogen (secondary N) is 1. The molecule has 0 fully saturated rings. The zero-order valence-corrected chi connectivity index (χ0v) is 12.3. The van der Waals surface area contributed by atoms with Gasteiger partial charge in [0.2, 0.25) is 11.8 Å². The minimum atomic E-state index is -1.16. The lowest BCUT2D eigenvalue weighted by molar-refractivity contribution is -0.141. The van der Waals surface area contributed by atoms with Gasteiger partial charge in [-0.1, -0.05) is 6.07 Å². The van der Waals surface area contributed by atoms with E-state index in [1.54, 1.807) is 11.3 Å². The summed E-state index contributed by atoms with van der Waals surface area (Å²) in [4.78, 5) is 34.3. The van der Waals surface area contributed by atoms with E-state index in [2.05, 4.69) is 5.32 Å². The molecule has 0 aromatic carbocycles. The summed E-state index contributed by atoms with van der Waals surface area (Å²) in [5.41, 5.74) is 4.96. The van der Waals surface area contributed by atoms with Crippen molar-refractivity contribution in [2.45, 2.75) is 24.6 Å². The summed E-state index contributed by atoms with van der Waals surface area (Å²) < 4.78 is 0. The number of thiophene rings is 1. The van der Waals surface area contributed by atoms with Gasteiger partial charge in [-0.3, -0.25) is 9.59 Å². The molecule has 0 radical (unpaired) electrons. The van der Waals surface area contributed by atoms with E-state index in [4.69, 9.17) is 10.8 Å². The van der Waals surface area contributed by atoms with Gasteiger partial charge in [-0.2, -0.15) is 0 Å². The number of nitrogens with two attached hydrogens (primary N) is 1. The molecule has 0 aliphatic rings. The van der Waals surface area contributed by atoms with Gasteiger partial charge in [0, 0.05) is 17.1 Å². The molecular weight excluding hydrogens is 300 g/mol. The first kappa shape index (κ1) is 16.5.